The molecule has 26 heavy (non-hydrogen) atoms. The molecule has 4 nitrogen and oxygen atoms in total. The molecule has 138 valence electrons. The maximum Gasteiger partial charge on any atom is 0.257 e. The van der Waals surface area contributed by atoms with E-state index in [2.05, 4.69) is 10.3 Å². The molecular formula is C21H25FN2O2. The second kappa shape index (κ2) is 8.79. The topological polar surface area (TPSA) is 51.2 Å². The highest BCUT2D eigenvalue weighted by atomic mass is 19.1. The Morgan fingerprint density at radius 2 is 1.85 bits per heavy atom. The fourth-order valence-electron chi connectivity index (χ4n) is 3.33. The number of carbonyl (C=O) groups excluding carboxylic acids is 1. The van der Waals surface area contributed by atoms with E-state index in [1.54, 1.807) is 18.3 Å². The van der Waals surface area contributed by atoms with Gasteiger partial charge in [-0.2, -0.15) is 0 Å². The van der Waals surface area contributed by atoms with Gasteiger partial charge in [0.15, 0.2) is 0 Å². The number of halogens is 1. The highest BCUT2D eigenvalue weighted by molar-refractivity contribution is 5.97. The molecule has 1 amide bonds. The first-order valence-corrected chi connectivity index (χ1v) is 9.27. The first-order valence-electron chi connectivity index (χ1n) is 9.27. The summed E-state index contributed by atoms with van der Waals surface area (Å²) in [5, 5.41) is 3.15. The summed E-state index contributed by atoms with van der Waals surface area (Å²) in [5.41, 5.74) is 2.14. The van der Waals surface area contributed by atoms with Gasteiger partial charge in [-0.15, -0.1) is 0 Å². The van der Waals surface area contributed by atoms with Crippen molar-refractivity contribution in [3.63, 3.8) is 0 Å². The molecule has 1 saturated carbocycles. The number of aryl methyl sites for hydroxylation is 1. The van der Waals surface area contributed by atoms with E-state index in [-0.39, 0.29) is 24.4 Å². The lowest BCUT2D eigenvalue weighted by atomic mass is 10.1. The fourth-order valence-corrected chi connectivity index (χ4v) is 3.33. The van der Waals surface area contributed by atoms with Crippen molar-refractivity contribution in [1.29, 1.82) is 0 Å². The number of ether oxygens (including phenoxy) is 1. The molecule has 0 unspecified atom stereocenters. The molecule has 2 aromatic rings. The van der Waals surface area contributed by atoms with Crippen LogP contribution < -0.4 is 10.1 Å². The van der Waals surface area contributed by atoms with Gasteiger partial charge in [-0.3, -0.25) is 4.79 Å². The Balaban J connectivity index is 1.71. The first-order chi connectivity index (χ1) is 12.6. The van der Waals surface area contributed by atoms with E-state index < -0.39 is 0 Å². The summed E-state index contributed by atoms with van der Waals surface area (Å²) in [5.74, 6) is -0.0945. The molecule has 5 heteroatoms. The van der Waals surface area contributed by atoms with Crippen molar-refractivity contribution in [2.45, 2.75) is 58.1 Å². The van der Waals surface area contributed by atoms with Crippen molar-refractivity contribution in [2.24, 2.45) is 0 Å². The predicted octanol–water partition coefficient (Wildman–Crippen LogP) is 4.56. The van der Waals surface area contributed by atoms with Gasteiger partial charge in [-0.1, -0.05) is 37.8 Å². The summed E-state index contributed by atoms with van der Waals surface area (Å²) in [7, 11) is 0. The number of aromatic nitrogens is 1. The maximum absolute atomic E-state index is 13.0. The van der Waals surface area contributed by atoms with E-state index in [1.807, 2.05) is 13.0 Å². The Hall–Kier alpha value is -2.43. The molecule has 0 saturated heterocycles. The minimum Gasteiger partial charge on any atom is -0.472 e. The number of carbonyl (C=O) groups is 1. The van der Waals surface area contributed by atoms with Gasteiger partial charge in [0.05, 0.1) is 0 Å². The Morgan fingerprint density at radius 3 is 2.54 bits per heavy atom. The molecule has 1 aliphatic carbocycles. The third-order valence-electron chi connectivity index (χ3n) is 4.83. The van der Waals surface area contributed by atoms with Gasteiger partial charge in [0.2, 0.25) is 5.88 Å². The number of amides is 1. The van der Waals surface area contributed by atoms with E-state index >= 15 is 0 Å². The lowest BCUT2D eigenvalue weighted by molar-refractivity contribution is 0.0927. The van der Waals surface area contributed by atoms with Crippen molar-refractivity contribution in [1.82, 2.24) is 10.3 Å². The van der Waals surface area contributed by atoms with Gasteiger partial charge in [0.25, 0.3) is 5.91 Å². The van der Waals surface area contributed by atoms with Crippen molar-refractivity contribution in [3.8, 4) is 5.88 Å². The fraction of sp³-hybridized carbons (Fsp3) is 0.429. The largest absolute Gasteiger partial charge is 0.472 e. The van der Waals surface area contributed by atoms with Gasteiger partial charge >= 0.3 is 0 Å². The number of hydrogen-bond acceptors (Lipinski definition) is 3. The molecule has 1 heterocycles. The van der Waals surface area contributed by atoms with Crippen LogP contribution in [0.3, 0.4) is 0 Å². The average molecular weight is 356 g/mol. The zero-order chi connectivity index (χ0) is 18.4. The molecule has 0 bridgehead atoms. The lowest BCUT2D eigenvalue weighted by Crippen LogP contribution is -2.35. The van der Waals surface area contributed by atoms with Gasteiger partial charge in [-0.05, 0) is 49.1 Å². The molecule has 0 aliphatic heterocycles. The molecule has 1 N–H and O–H groups in total. The lowest BCUT2D eigenvalue weighted by Gasteiger charge is -2.18. The van der Waals surface area contributed by atoms with Gasteiger partial charge < -0.3 is 10.1 Å². The normalized spacial score (nSPS) is 15.3. The molecule has 1 aromatic heterocycles. The monoisotopic (exact) mass is 356 g/mol. The number of benzene rings is 1. The highest BCUT2D eigenvalue weighted by Gasteiger charge is 2.21. The van der Waals surface area contributed by atoms with Crippen LogP contribution in [0, 0.1) is 12.7 Å². The Morgan fingerprint density at radius 1 is 1.15 bits per heavy atom. The van der Waals surface area contributed by atoms with Gasteiger partial charge in [0.1, 0.15) is 18.0 Å². The van der Waals surface area contributed by atoms with Gasteiger partial charge in [0, 0.05) is 12.2 Å². The smallest absolute Gasteiger partial charge is 0.257 e. The Labute approximate surface area is 153 Å². The predicted molar refractivity (Wildman–Crippen MR) is 98.7 cm³/mol. The van der Waals surface area contributed by atoms with Crippen molar-refractivity contribution >= 4 is 5.91 Å². The number of hydrogen-bond donors (Lipinski definition) is 1. The second-order valence-electron chi connectivity index (χ2n) is 6.89. The van der Waals surface area contributed by atoms with Crippen LogP contribution in [0.15, 0.2) is 36.5 Å². The van der Waals surface area contributed by atoms with Crippen LogP contribution in [-0.2, 0) is 6.61 Å². The number of nitrogens with zero attached hydrogens (tertiary/aromatic N) is 1. The highest BCUT2D eigenvalue weighted by Crippen LogP contribution is 2.22. The van der Waals surface area contributed by atoms with E-state index in [9.17, 15) is 9.18 Å². The molecule has 3 rings (SSSR count). The summed E-state index contributed by atoms with van der Waals surface area (Å²) >= 11 is 0. The number of nitrogens with one attached hydrogen (secondary N) is 1. The van der Waals surface area contributed by atoms with Crippen molar-refractivity contribution in [3.05, 3.63) is 59.0 Å². The minimum atomic E-state index is -0.286. The third-order valence-corrected chi connectivity index (χ3v) is 4.83. The number of rotatable bonds is 5. The molecule has 1 aliphatic rings. The minimum absolute atomic E-state index is 0.128. The number of pyridine rings is 1. The van der Waals surface area contributed by atoms with Crippen LogP contribution >= 0.6 is 0 Å². The maximum atomic E-state index is 13.0. The Bertz CT molecular complexity index is 738. The molecular weight excluding hydrogens is 331 g/mol. The van der Waals surface area contributed by atoms with Crippen LogP contribution in [-0.4, -0.2) is 16.9 Å². The molecule has 0 radical (unpaired) electrons. The molecule has 0 spiro atoms. The Kier molecular flexibility index (Phi) is 6.21. The van der Waals surface area contributed by atoms with Crippen LogP contribution in [0.5, 0.6) is 5.88 Å². The third kappa shape index (κ3) is 4.81. The quantitative estimate of drug-likeness (QED) is 0.799. The summed E-state index contributed by atoms with van der Waals surface area (Å²) in [4.78, 5) is 17.1. The summed E-state index contributed by atoms with van der Waals surface area (Å²) in [6, 6.07) is 8.14. The van der Waals surface area contributed by atoms with Crippen LogP contribution in [0.2, 0.25) is 0 Å². The summed E-state index contributed by atoms with van der Waals surface area (Å²) < 4.78 is 18.8. The molecule has 0 atom stereocenters. The SMILES string of the molecule is Cc1ccnc(OCc2ccc(F)cc2)c1C(=O)NC1CCCCCC1. The van der Waals surface area contributed by atoms with Crippen molar-refractivity contribution in [2.75, 3.05) is 0 Å². The molecule has 1 aromatic carbocycles. The van der Waals surface area contributed by atoms with Crippen LogP contribution in [0.25, 0.3) is 0 Å². The zero-order valence-corrected chi connectivity index (χ0v) is 15.1. The average Bonchev–Trinajstić information content (AvgIpc) is 2.90. The second-order valence-corrected chi connectivity index (χ2v) is 6.89. The van der Waals surface area contributed by atoms with Crippen molar-refractivity contribution < 1.29 is 13.9 Å². The van der Waals surface area contributed by atoms with E-state index in [0.717, 1.165) is 36.8 Å². The van der Waals surface area contributed by atoms with Crippen LogP contribution in [0.4, 0.5) is 4.39 Å². The summed E-state index contributed by atoms with van der Waals surface area (Å²) in [6.07, 6.45) is 8.48. The van der Waals surface area contributed by atoms with E-state index in [4.69, 9.17) is 4.74 Å². The van der Waals surface area contributed by atoms with E-state index in [1.165, 1.54) is 25.0 Å². The van der Waals surface area contributed by atoms with Crippen LogP contribution in [0.1, 0.15) is 60.0 Å². The molecule has 1 fully saturated rings. The standard InChI is InChI=1S/C21H25FN2O2/c1-15-12-13-23-21(26-14-16-8-10-17(22)11-9-16)19(15)20(25)24-18-6-4-2-3-5-7-18/h8-13,18H,2-7,14H2,1H3,(H,24,25). The zero-order valence-electron chi connectivity index (χ0n) is 15.1. The first kappa shape index (κ1) is 18.4. The van der Waals surface area contributed by atoms with Gasteiger partial charge in [-0.25, -0.2) is 9.37 Å². The summed E-state index contributed by atoms with van der Waals surface area (Å²) in [6.45, 7) is 2.12. The van der Waals surface area contributed by atoms with E-state index in [0.29, 0.717) is 11.4 Å².